The second-order valence-corrected chi connectivity index (χ2v) is 7.09. The molecule has 6 heteroatoms. The van der Waals surface area contributed by atoms with Crippen LogP contribution >= 0.6 is 11.6 Å². The standard InChI is InChI=1S/C10H19NO2.C9H11ClO2.C2H6/c1-10(2,3)13-9(12)11-7-5-4-6-8-11;1-2-5-8(10)6-3-4-7-9(11)12;1-2/h4-8H2,1-3H3;2-3,5-6H,1,4,7H2,(H,11,12);1-2H3/b;6-3-,8-5+;. The van der Waals surface area contributed by atoms with Crippen LogP contribution in [-0.2, 0) is 9.53 Å². The minimum Gasteiger partial charge on any atom is -0.481 e. The lowest BCUT2D eigenvalue weighted by atomic mass is 10.1. The van der Waals surface area contributed by atoms with E-state index in [1.165, 1.54) is 6.42 Å². The lowest BCUT2D eigenvalue weighted by Crippen LogP contribution is -2.39. The van der Waals surface area contributed by atoms with E-state index in [-0.39, 0.29) is 18.1 Å². The first-order chi connectivity index (χ1) is 12.7. The molecule has 5 nitrogen and oxygen atoms in total. The molecule has 0 aromatic rings. The fourth-order valence-corrected chi connectivity index (χ4v) is 2.15. The molecule has 1 rings (SSSR count). The highest BCUT2D eigenvalue weighted by atomic mass is 35.5. The average Bonchev–Trinajstić information content (AvgIpc) is 2.60. The number of rotatable bonds is 5. The van der Waals surface area contributed by atoms with Crippen molar-refractivity contribution in [3.63, 3.8) is 0 Å². The van der Waals surface area contributed by atoms with E-state index in [4.69, 9.17) is 21.4 Å². The Bertz CT molecular complexity index is 487. The van der Waals surface area contributed by atoms with Crippen LogP contribution in [0.4, 0.5) is 4.79 Å². The van der Waals surface area contributed by atoms with E-state index in [1.807, 2.05) is 34.6 Å². The third-order valence-electron chi connectivity index (χ3n) is 3.09. The predicted octanol–water partition coefficient (Wildman–Crippen LogP) is 6.15. The fourth-order valence-electron chi connectivity index (χ4n) is 1.97. The van der Waals surface area contributed by atoms with E-state index in [2.05, 4.69) is 6.58 Å². The largest absolute Gasteiger partial charge is 0.481 e. The number of piperidine rings is 1. The molecule has 156 valence electrons. The van der Waals surface area contributed by atoms with Crippen molar-refractivity contribution in [3.05, 3.63) is 35.9 Å². The Kier molecular flexibility index (Phi) is 16.7. The summed E-state index contributed by atoms with van der Waals surface area (Å²) in [5, 5.41) is 8.84. The number of carboxylic acids is 1. The van der Waals surface area contributed by atoms with E-state index in [0.29, 0.717) is 11.5 Å². The number of carbonyl (C=O) groups excluding carboxylic acids is 1. The van der Waals surface area contributed by atoms with Gasteiger partial charge >= 0.3 is 12.1 Å². The quantitative estimate of drug-likeness (QED) is 0.561. The van der Waals surface area contributed by atoms with Crippen LogP contribution in [0, 0.1) is 0 Å². The lowest BCUT2D eigenvalue weighted by Gasteiger charge is -2.29. The lowest BCUT2D eigenvalue weighted by molar-refractivity contribution is -0.136. The topological polar surface area (TPSA) is 66.8 Å². The molecule has 1 amide bonds. The molecule has 0 aromatic carbocycles. The molecule has 1 heterocycles. The molecule has 0 atom stereocenters. The van der Waals surface area contributed by atoms with Crippen LogP contribution in [0.25, 0.3) is 0 Å². The summed E-state index contributed by atoms with van der Waals surface area (Å²) in [6.07, 6.45) is 10.5. The highest BCUT2D eigenvalue weighted by molar-refractivity contribution is 6.31. The van der Waals surface area contributed by atoms with Crippen molar-refractivity contribution in [2.75, 3.05) is 13.1 Å². The molecule has 1 saturated heterocycles. The molecule has 0 saturated carbocycles. The Balaban J connectivity index is 0. The number of halogens is 1. The average molecular weight is 402 g/mol. The third-order valence-corrected chi connectivity index (χ3v) is 3.34. The molecule has 0 aromatic heterocycles. The Morgan fingerprint density at radius 3 is 2.19 bits per heavy atom. The number of allylic oxidation sites excluding steroid dienone is 5. The van der Waals surface area contributed by atoms with Crippen LogP contribution in [0.3, 0.4) is 0 Å². The molecule has 1 aliphatic heterocycles. The van der Waals surface area contributed by atoms with Crippen LogP contribution in [0.5, 0.6) is 0 Å². The highest BCUT2D eigenvalue weighted by Crippen LogP contribution is 2.14. The summed E-state index contributed by atoms with van der Waals surface area (Å²) in [4.78, 5) is 23.4. The van der Waals surface area contributed by atoms with Crippen molar-refractivity contribution in [2.24, 2.45) is 0 Å². The van der Waals surface area contributed by atoms with Gasteiger partial charge in [0.15, 0.2) is 0 Å². The van der Waals surface area contributed by atoms with Gasteiger partial charge in [0.2, 0.25) is 0 Å². The number of ether oxygens (including phenoxy) is 1. The summed E-state index contributed by atoms with van der Waals surface area (Å²) in [5.74, 6) is -0.802. The molecule has 0 spiro atoms. The van der Waals surface area contributed by atoms with Gasteiger partial charge in [-0.25, -0.2) is 4.79 Å². The molecule has 0 unspecified atom stereocenters. The van der Waals surface area contributed by atoms with Gasteiger partial charge in [-0.3, -0.25) is 4.79 Å². The Labute approximate surface area is 169 Å². The van der Waals surface area contributed by atoms with Gasteiger partial charge < -0.3 is 14.7 Å². The van der Waals surface area contributed by atoms with Crippen molar-refractivity contribution in [2.45, 2.75) is 72.3 Å². The number of nitrogens with zero attached hydrogens (tertiary/aromatic N) is 1. The molecule has 0 aliphatic carbocycles. The number of aliphatic carboxylic acids is 1. The van der Waals surface area contributed by atoms with Crippen molar-refractivity contribution in [1.82, 2.24) is 4.90 Å². The van der Waals surface area contributed by atoms with Gasteiger partial charge in [0.1, 0.15) is 5.60 Å². The summed E-state index contributed by atoms with van der Waals surface area (Å²) in [6, 6.07) is 0. The first kappa shape index (κ1) is 27.5. The maximum absolute atomic E-state index is 11.5. The first-order valence-corrected chi connectivity index (χ1v) is 9.88. The zero-order valence-electron chi connectivity index (χ0n) is 17.5. The summed E-state index contributed by atoms with van der Waals surface area (Å²) in [5.41, 5.74) is -0.367. The molecule has 0 radical (unpaired) electrons. The van der Waals surface area contributed by atoms with Crippen LogP contribution < -0.4 is 0 Å². The smallest absolute Gasteiger partial charge is 0.410 e. The van der Waals surface area contributed by atoms with Gasteiger partial charge in [-0.1, -0.05) is 44.2 Å². The Hall–Kier alpha value is -1.75. The normalized spacial score (nSPS) is 14.4. The monoisotopic (exact) mass is 401 g/mol. The van der Waals surface area contributed by atoms with E-state index in [0.717, 1.165) is 25.9 Å². The minimum atomic E-state index is -0.802. The minimum absolute atomic E-state index is 0.134. The Morgan fingerprint density at radius 1 is 1.19 bits per heavy atom. The molecule has 0 bridgehead atoms. The van der Waals surface area contributed by atoms with Gasteiger partial charge in [0.05, 0.1) is 0 Å². The van der Waals surface area contributed by atoms with Gasteiger partial charge in [-0.15, -0.1) is 0 Å². The Morgan fingerprint density at radius 2 is 1.74 bits per heavy atom. The maximum Gasteiger partial charge on any atom is 0.410 e. The van der Waals surface area contributed by atoms with E-state index in [9.17, 15) is 9.59 Å². The predicted molar refractivity (Wildman–Crippen MR) is 113 cm³/mol. The summed E-state index contributed by atoms with van der Waals surface area (Å²) >= 11 is 5.65. The second kappa shape index (κ2) is 16.4. The van der Waals surface area contributed by atoms with E-state index < -0.39 is 5.97 Å². The first-order valence-electron chi connectivity index (χ1n) is 9.50. The summed E-state index contributed by atoms with van der Waals surface area (Å²) in [7, 11) is 0. The van der Waals surface area contributed by atoms with Gasteiger partial charge in [-0.05, 0) is 58.6 Å². The number of carboxylic acid groups (broad SMARTS) is 1. The van der Waals surface area contributed by atoms with Crippen molar-refractivity contribution >= 4 is 23.7 Å². The molecule has 27 heavy (non-hydrogen) atoms. The number of hydrogen-bond donors (Lipinski definition) is 1. The zero-order valence-corrected chi connectivity index (χ0v) is 18.2. The van der Waals surface area contributed by atoms with E-state index in [1.54, 1.807) is 29.2 Å². The highest BCUT2D eigenvalue weighted by Gasteiger charge is 2.22. The SMILES string of the molecule is C=C/C=C(Cl)\C=C/CCC(=O)O.CC.CC(C)(C)OC(=O)N1CCCCC1. The zero-order chi connectivity index (χ0) is 21.3. The summed E-state index contributed by atoms with van der Waals surface area (Å²) in [6.45, 7) is 14.9. The molecular formula is C21H36ClNO4. The van der Waals surface area contributed by atoms with Crippen molar-refractivity contribution in [3.8, 4) is 0 Å². The van der Waals surface area contributed by atoms with Crippen molar-refractivity contribution < 1.29 is 19.4 Å². The second-order valence-electron chi connectivity index (χ2n) is 6.65. The number of amides is 1. The van der Waals surface area contributed by atoms with Crippen LogP contribution in [0.1, 0.15) is 66.7 Å². The molecule has 1 N–H and O–H groups in total. The van der Waals surface area contributed by atoms with Crippen LogP contribution in [-0.4, -0.2) is 40.8 Å². The molecule has 1 aliphatic rings. The molecular weight excluding hydrogens is 366 g/mol. The van der Waals surface area contributed by atoms with Gasteiger partial charge in [-0.2, -0.15) is 0 Å². The van der Waals surface area contributed by atoms with Crippen LogP contribution in [0.2, 0.25) is 0 Å². The summed E-state index contributed by atoms with van der Waals surface area (Å²) < 4.78 is 5.26. The maximum atomic E-state index is 11.5. The third kappa shape index (κ3) is 18.8. The number of carbonyl (C=O) groups is 2. The van der Waals surface area contributed by atoms with Gasteiger partial charge in [0, 0.05) is 24.5 Å². The number of likely N-dealkylation sites (tertiary alicyclic amines) is 1. The fraction of sp³-hybridized carbons (Fsp3) is 0.619. The van der Waals surface area contributed by atoms with Crippen LogP contribution in [0.15, 0.2) is 35.9 Å². The van der Waals surface area contributed by atoms with E-state index >= 15 is 0 Å². The van der Waals surface area contributed by atoms with Crippen molar-refractivity contribution in [1.29, 1.82) is 0 Å². The number of hydrogen-bond acceptors (Lipinski definition) is 3. The van der Waals surface area contributed by atoms with Gasteiger partial charge in [0.25, 0.3) is 0 Å². The molecule has 1 fully saturated rings.